The van der Waals surface area contributed by atoms with E-state index in [9.17, 15) is 28.7 Å². The number of phenolic OH excluding ortho intramolecular Hbond substituents is 1. The lowest BCUT2D eigenvalue weighted by Gasteiger charge is -2.29. The van der Waals surface area contributed by atoms with E-state index in [1.807, 2.05) is 0 Å². The summed E-state index contributed by atoms with van der Waals surface area (Å²) in [7, 11) is 0. The molecule has 2 aliphatic heterocycles. The van der Waals surface area contributed by atoms with E-state index in [1.165, 1.54) is 35.2 Å². The van der Waals surface area contributed by atoms with E-state index in [0.29, 0.717) is 5.56 Å². The van der Waals surface area contributed by atoms with Gasteiger partial charge in [0.1, 0.15) is 17.6 Å². The highest BCUT2D eigenvalue weighted by Crippen LogP contribution is 2.29. The van der Waals surface area contributed by atoms with Gasteiger partial charge >= 0.3 is 0 Å². The number of nitrogens with zero attached hydrogens (tertiary/aromatic N) is 1. The fourth-order valence-electron chi connectivity index (χ4n) is 3.70. The second kappa shape index (κ2) is 7.58. The number of benzene rings is 2. The number of hydrogen-bond donors (Lipinski definition) is 3. The largest absolute Gasteiger partial charge is 0.508 e. The summed E-state index contributed by atoms with van der Waals surface area (Å²) in [5.41, 5.74) is 1.14. The molecule has 0 spiro atoms. The fraction of sp³-hybridized carbons (Fsp3) is 0.238. The minimum absolute atomic E-state index is 0.0570. The van der Waals surface area contributed by atoms with Gasteiger partial charge in [0, 0.05) is 36.2 Å². The fourth-order valence-corrected chi connectivity index (χ4v) is 3.70. The van der Waals surface area contributed by atoms with E-state index in [4.69, 9.17) is 0 Å². The predicted octanol–water partition coefficient (Wildman–Crippen LogP) is 1.22. The van der Waals surface area contributed by atoms with E-state index in [2.05, 4.69) is 10.6 Å². The summed E-state index contributed by atoms with van der Waals surface area (Å²) in [6, 6.07) is 7.60. The summed E-state index contributed by atoms with van der Waals surface area (Å²) < 4.78 is 14.5. The minimum Gasteiger partial charge on any atom is -0.508 e. The van der Waals surface area contributed by atoms with Crippen molar-refractivity contribution in [1.82, 2.24) is 15.5 Å². The Labute approximate surface area is 170 Å². The highest BCUT2D eigenvalue weighted by Gasteiger charge is 2.39. The Bertz CT molecular complexity index is 1080. The third kappa shape index (κ3) is 3.61. The molecule has 30 heavy (non-hydrogen) atoms. The number of rotatable bonds is 4. The predicted molar refractivity (Wildman–Crippen MR) is 102 cm³/mol. The van der Waals surface area contributed by atoms with Gasteiger partial charge in [-0.2, -0.15) is 0 Å². The van der Waals surface area contributed by atoms with Crippen LogP contribution in [0.5, 0.6) is 5.75 Å². The summed E-state index contributed by atoms with van der Waals surface area (Å²) in [6.07, 6.45) is 0.358. The molecule has 1 saturated heterocycles. The molecule has 1 fully saturated rings. The van der Waals surface area contributed by atoms with E-state index in [0.717, 1.165) is 6.07 Å². The second-order valence-electron chi connectivity index (χ2n) is 7.23. The number of imide groups is 1. The first-order chi connectivity index (χ1) is 14.3. The number of aromatic hydroxyl groups is 1. The van der Waals surface area contributed by atoms with Gasteiger partial charge in [-0.3, -0.25) is 24.5 Å². The van der Waals surface area contributed by atoms with Crippen molar-refractivity contribution in [2.45, 2.75) is 32.0 Å². The van der Waals surface area contributed by atoms with Crippen LogP contribution in [-0.4, -0.2) is 39.7 Å². The van der Waals surface area contributed by atoms with Gasteiger partial charge in [0.2, 0.25) is 11.8 Å². The Hall–Kier alpha value is -3.75. The van der Waals surface area contributed by atoms with Crippen LogP contribution in [0.2, 0.25) is 0 Å². The van der Waals surface area contributed by atoms with Crippen molar-refractivity contribution in [3.63, 3.8) is 0 Å². The molecular weight excluding hydrogens is 393 g/mol. The van der Waals surface area contributed by atoms with Crippen molar-refractivity contribution in [3.8, 4) is 5.75 Å². The zero-order valence-corrected chi connectivity index (χ0v) is 15.8. The average molecular weight is 411 g/mol. The van der Waals surface area contributed by atoms with Crippen LogP contribution in [0.3, 0.4) is 0 Å². The third-order valence-electron chi connectivity index (χ3n) is 5.24. The number of phenols is 1. The van der Waals surface area contributed by atoms with Crippen LogP contribution in [0.15, 0.2) is 36.4 Å². The molecule has 4 amide bonds. The lowest BCUT2D eigenvalue weighted by molar-refractivity contribution is -0.136. The molecule has 4 rings (SSSR count). The average Bonchev–Trinajstić information content (AvgIpc) is 3.01. The highest BCUT2D eigenvalue weighted by atomic mass is 19.1. The van der Waals surface area contributed by atoms with Crippen LogP contribution in [0, 0.1) is 5.82 Å². The lowest BCUT2D eigenvalue weighted by atomic mass is 10.0. The maximum Gasteiger partial charge on any atom is 0.255 e. The molecule has 1 atom stereocenters. The van der Waals surface area contributed by atoms with E-state index in [-0.39, 0.29) is 54.3 Å². The molecule has 154 valence electrons. The molecule has 2 aromatic rings. The first-order valence-electron chi connectivity index (χ1n) is 9.36. The SMILES string of the molecule is O=C1CCC(N2Cc3cc(CNC(=O)c4cccc(O)c4)c(F)cc3C2=O)C(=O)N1. The molecule has 0 radical (unpaired) electrons. The van der Waals surface area contributed by atoms with Crippen molar-refractivity contribution in [2.24, 2.45) is 0 Å². The monoisotopic (exact) mass is 411 g/mol. The van der Waals surface area contributed by atoms with Crippen LogP contribution in [0.25, 0.3) is 0 Å². The summed E-state index contributed by atoms with van der Waals surface area (Å²) in [5, 5.41) is 14.3. The first-order valence-corrected chi connectivity index (χ1v) is 9.36. The maximum atomic E-state index is 14.5. The van der Waals surface area contributed by atoms with Gasteiger partial charge in [0.05, 0.1) is 0 Å². The molecule has 2 heterocycles. The second-order valence-corrected chi connectivity index (χ2v) is 7.23. The van der Waals surface area contributed by atoms with Gasteiger partial charge in [0.15, 0.2) is 0 Å². The number of carbonyl (C=O) groups is 4. The maximum absolute atomic E-state index is 14.5. The number of halogens is 1. The highest BCUT2D eigenvalue weighted by molar-refractivity contribution is 6.05. The lowest BCUT2D eigenvalue weighted by Crippen LogP contribution is -2.52. The van der Waals surface area contributed by atoms with Crippen molar-refractivity contribution >= 4 is 23.6 Å². The van der Waals surface area contributed by atoms with Gasteiger partial charge in [-0.05, 0) is 42.3 Å². The van der Waals surface area contributed by atoms with Crippen LogP contribution in [-0.2, 0) is 22.7 Å². The minimum atomic E-state index is -0.778. The number of piperidine rings is 1. The molecule has 3 N–H and O–H groups in total. The van der Waals surface area contributed by atoms with Gasteiger partial charge in [-0.1, -0.05) is 6.07 Å². The first kappa shape index (κ1) is 19.6. The van der Waals surface area contributed by atoms with Crippen molar-refractivity contribution in [3.05, 3.63) is 64.5 Å². The molecule has 9 heteroatoms. The van der Waals surface area contributed by atoms with Crippen LogP contribution in [0.4, 0.5) is 4.39 Å². The Balaban J connectivity index is 1.49. The Morgan fingerprint density at radius 1 is 1.23 bits per heavy atom. The van der Waals surface area contributed by atoms with Gasteiger partial charge in [-0.15, -0.1) is 0 Å². The van der Waals surface area contributed by atoms with Crippen LogP contribution >= 0.6 is 0 Å². The third-order valence-corrected chi connectivity index (χ3v) is 5.24. The smallest absolute Gasteiger partial charge is 0.255 e. The van der Waals surface area contributed by atoms with Gasteiger partial charge < -0.3 is 15.3 Å². The topological polar surface area (TPSA) is 116 Å². The molecule has 0 bridgehead atoms. The van der Waals surface area contributed by atoms with Crippen LogP contribution < -0.4 is 10.6 Å². The van der Waals surface area contributed by atoms with Gasteiger partial charge in [-0.25, -0.2) is 4.39 Å². The summed E-state index contributed by atoms with van der Waals surface area (Å²) in [6.45, 7) is 0.00837. The van der Waals surface area contributed by atoms with Crippen molar-refractivity contribution in [1.29, 1.82) is 0 Å². The Morgan fingerprint density at radius 2 is 2.03 bits per heavy atom. The quantitative estimate of drug-likeness (QED) is 0.655. The molecule has 0 aliphatic carbocycles. The molecular formula is C21H18FN3O5. The van der Waals surface area contributed by atoms with Crippen LogP contribution in [0.1, 0.15) is 44.7 Å². The molecule has 1 unspecified atom stereocenters. The normalized spacial score (nSPS) is 18.2. The van der Waals surface area contributed by atoms with E-state index in [1.54, 1.807) is 0 Å². The van der Waals surface area contributed by atoms with E-state index < -0.39 is 29.6 Å². The number of carbonyl (C=O) groups excluding carboxylic acids is 4. The Kier molecular flexibility index (Phi) is 4.94. The zero-order chi connectivity index (χ0) is 21.4. The standard InChI is InChI=1S/C21H18FN3O5/c22-16-8-15-13(10-25(21(15)30)17-4-5-18(27)24-20(17)29)6-12(16)9-23-19(28)11-2-1-3-14(26)7-11/h1-3,6-8,17,26H,4-5,9-10H2,(H,23,28)(H,24,27,29). The molecule has 2 aliphatic rings. The Morgan fingerprint density at radius 3 is 2.77 bits per heavy atom. The molecule has 0 saturated carbocycles. The summed E-state index contributed by atoms with van der Waals surface area (Å²) >= 11 is 0. The number of hydrogen-bond acceptors (Lipinski definition) is 5. The number of nitrogens with one attached hydrogen (secondary N) is 2. The number of amides is 4. The van der Waals surface area contributed by atoms with Crippen molar-refractivity contribution in [2.75, 3.05) is 0 Å². The summed E-state index contributed by atoms with van der Waals surface area (Å²) in [4.78, 5) is 49.6. The molecule has 8 nitrogen and oxygen atoms in total. The summed E-state index contributed by atoms with van der Waals surface area (Å²) in [5.74, 6) is -2.56. The number of fused-ring (bicyclic) bond motifs is 1. The molecule has 0 aromatic heterocycles. The van der Waals surface area contributed by atoms with E-state index >= 15 is 0 Å². The zero-order valence-electron chi connectivity index (χ0n) is 15.8. The van der Waals surface area contributed by atoms with Crippen molar-refractivity contribution < 1.29 is 28.7 Å². The van der Waals surface area contributed by atoms with Gasteiger partial charge in [0.25, 0.3) is 11.8 Å². The molecule has 2 aromatic carbocycles.